The summed E-state index contributed by atoms with van der Waals surface area (Å²) in [6.07, 6.45) is 9.22. The Kier molecular flexibility index (Phi) is 5.36. The molecule has 138 valence electrons. The molecule has 1 atom stereocenters. The third kappa shape index (κ3) is 4.06. The molecule has 1 aromatic rings. The minimum absolute atomic E-state index is 0.370. The first-order valence-corrected chi connectivity index (χ1v) is 10.0. The predicted molar refractivity (Wildman–Crippen MR) is 99.9 cm³/mol. The van der Waals surface area contributed by atoms with Gasteiger partial charge in [0, 0.05) is 50.8 Å². The Morgan fingerprint density at radius 2 is 1.84 bits per heavy atom. The highest BCUT2D eigenvalue weighted by Gasteiger charge is 2.25. The van der Waals surface area contributed by atoms with Gasteiger partial charge >= 0.3 is 0 Å². The number of aromatic nitrogens is 2. The average Bonchev–Trinajstić information content (AvgIpc) is 3.06. The lowest BCUT2D eigenvalue weighted by Gasteiger charge is -2.33. The minimum atomic E-state index is 0.370. The van der Waals surface area contributed by atoms with Crippen molar-refractivity contribution in [2.24, 2.45) is 0 Å². The molecule has 1 aliphatic carbocycles. The van der Waals surface area contributed by atoms with Crippen molar-refractivity contribution in [2.75, 3.05) is 50.0 Å². The maximum atomic E-state index is 6.02. The van der Waals surface area contributed by atoms with Crippen molar-refractivity contribution < 1.29 is 4.74 Å². The Hall–Kier alpha value is -1.40. The molecular formula is C19H31N5O. The van der Waals surface area contributed by atoms with Crippen LogP contribution in [0.2, 0.25) is 0 Å². The van der Waals surface area contributed by atoms with Crippen molar-refractivity contribution in [1.82, 2.24) is 14.9 Å². The fourth-order valence-corrected chi connectivity index (χ4v) is 4.59. The van der Waals surface area contributed by atoms with Crippen LogP contribution in [0.4, 0.5) is 11.8 Å². The minimum Gasteiger partial charge on any atom is -0.381 e. The van der Waals surface area contributed by atoms with Crippen LogP contribution in [-0.4, -0.2) is 60.3 Å². The fraction of sp³-hybridized carbons (Fsp3) is 0.789. The molecule has 6 nitrogen and oxygen atoms in total. The van der Waals surface area contributed by atoms with Gasteiger partial charge in [-0.25, -0.2) is 4.98 Å². The zero-order valence-corrected chi connectivity index (χ0v) is 15.2. The molecule has 3 fully saturated rings. The lowest BCUT2D eigenvalue weighted by Crippen LogP contribution is -2.39. The number of anilines is 2. The molecule has 4 rings (SSSR count). The summed E-state index contributed by atoms with van der Waals surface area (Å²) in [5, 5.41) is 0. The number of nitrogens with two attached hydrogens (primary N) is 1. The molecule has 0 radical (unpaired) electrons. The van der Waals surface area contributed by atoms with E-state index in [1.807, 2.05) is 0 Å². The van der Waals surface area contributed by atoms with Crippen LogP contribution in [0.15, 0.2) is 6.07 Å². The SMILES string of the molecule is Nc1nc(C2CCOC2)cc(N2CCCN(C3CCCCC3)CC2)n1. The number of hydrogen-bond donors (Lipinski definition) is 1. The Bertz CT molecular complexity index is 569. The van der Waals surface area contributed by atoms with Crippen molar-refractivity contribution in [1.29, 1.82) is 0 Å². The summed E-state index contributed by atoms with van der Waals surface area (Å²) >= 11 is 0. The first kappa shape index (κ1) is 17.0. The van der Waals surface area contributed by atoms with Crippen LogP contribution >= 0.6 is 0 Å². The van der Waals surface area contributed by atoms with Crippen molar-refractivity contribution in [3.63, 3.8) is 0 Å². The largest absolute Gasteiger partial charge is 0.381 e. The van der Waals surface area contributed by atoms with Crippen LogP contribution in [0.25, 0.3) is 0 Å². The summed E-state index contributed by atoms with van der Waals surface area (Å²) in [6.45, 7) is 6.02. The number of nitrogens with zero attached hydrogens (tertiary/aromatic N) is 4. The van der Waals surface area contributed by atoms with E-state index in [2.05, 4.69) is 25.8 Å². The quantitative estimate of drug-likeness (QED) is 0.907. The third-order valence-electron chi connectivity index (χ3n) is 6.04. The van der Waals surface area contributed by atoms with Crippen molar-refractivity contribution in [3.05, 3.63) is 11.8 Å². The predicted octanol–water partition coefficient (Wildman–Crippen LogP) is 2.41. The molecule has 25 heavy (non-hydrogen) atoms. The van der Waals surface area contributed by atoms with Gasteiger partial charge in [0.1, 0.15) is 5.82 Å². The molecule has 0 bridgehead atoms. The smallest absolute Gasteiger partial charge is 0.222 e. The molecule has 0 spiro atoms. The van der Waals surface area contributed by atoms with Gasteiger partial charge < -0.3 is 15.4 Å². The summed E-state index contributed by atoms with van der Waals surface area (Å²) in [4.78, 5) is 14.1. The molecule has 1 aromatic heterocycles. The van der Waals surface area contributed by atoms with Crippen molar-refractivity contribution in [2.45, 2.75) is 56.9 Å². The first-order chi connectivity index (χ1) is 12.3. The van der Waals surface area contributed by atoms with Crippen LogP contribution in [0.1, 0.15) is 56.6 Å². The van der Waals surface area contributed by atoms with Gasteiger partial charge in [-0.1, -0.05) is 19.3 Å². The van der Waals surface area contributed by atoms with Crippen LogP contribution in [0.3, 0.4) is 0 Å². The molecule has 0 aromatic carbocycles. The molecule has 0 amide bonds. The lowest BCUT2D eigenvalue weighted by atomic mass is 9.94. The normalized spacial score (nSPS) is 26.7. The third-order valence-corrected chi connectivity index (χ3v) is 6.04. The fourth-order valence-electron chi connectivity index (χ4n) is 4.59. The van der Waals surface area contributed by atoms with E-state index >= 15 is 0 Å². The standard InChI is InChI=1S/C19H31N5O/c20-19-21-17(15-7-12-25-14-15)13-18(22-19)24-9-4-8-23(10-11-24)16-5-2-1-3-6-16/h13,15-16H,1-12,14H2,(H2,20,21,22). The number of ether oxygens (including phenoxy) is 1. The summed E-state index contributed by atoms with van der Waals surface area (Å²) in [7, 11) is 0. The van der Waals surface area contributed by atoms with E-state index < -0.39 is 0 Å². The van der Waals surface area contributed by atoms with E-state index in [9.17, 15) is 0 Å². The highest BCUT2D eigenvalue weighted by Crippen LogP contribution is 2.28. The highest BCUT2D eigenvalue weighted by atomic mass is 16.5. The Balaban J connectivity index is 1.44. The average molecular weight is 345 g/mol. The number of nitrogen functional groups attached to an aromatic ring is 1. The van der Waals surface area contributed by atoms with E-state index in [-0.39, 0.29) is 0 Å². The van der Waals surface area contributed by atoms with E-state index in [1.54, 1.807) is 0 Å². The maximum absolute atomic E-state index is 6.02. The van der Waals surface area contributed by atoms with E-state index in [1.165, 1.54) is 45.1 Å². The lowest BCUT2D eigenvalue weighted by molar-refractivity contribution is 0.166. The van der Waals surface area contributed by atoms with Gasteiger partial charge in [-0.05, 0) is 25.7 Å². The van der Waals surface area contributed by atoms with Gasteiger partial charge in [0.15, 0.2) is 0 Å². The Morgan fingerprint density at radius 3 is 2.64 bits per heavy atom. The highest BCUT2D eigenvalue weighted by molar-refractivity contribution is 5.44. The summed E-state index contributed by atoms with van der Waals surface area (Å²) in [6, 6.07) is 2.95. The molecule has 3 aliphatic rings. The van der Waals surface area contributed by atoms with E-state index in [0.29, 0.717) is 11.9 Å². The second kappa shape index (κ2) is 7.87. The maximum Gasteiger partial charge on any atom is 0.222 e. The van der Waals surface area contributed by atoms with Gasteiger partial charge in [-0.2, -0.15) is 4.98 Å². The molecule has 2 N–H and O–H groups in total. The molecule has 1 unspecified atom stereocenters. The first-order valence-electron chi connectivity index (χ1n) is 10.0. The van der Waals surface area contributed by atoms with Crippen LogP contribution in [0.5, 0.6) is 0 Å². The van der Waals surface area contributed by atoms with E-state index in [4.69, 9.17) is 10.5 Å². The van der Waals surface area contributed by atoms with E-state index in [0.717, 1.165) is 56.8 Å². The monoisotopic (exact) mass is 345 g/mol. The molecule has 2 aliphatic heterocycles. The van der Waals surface area contributed by atoms with Crippen LogP contribution in [-0.2, 0) is 4.74 Å². The molecule has 3 heterocycles. The second-order valence-corrected chi connectivity index (χ2v) is 7.74. The number of rotatable bonds is 3. The topological polar surface area (TPSA) is 67.5 Å². The van der Waals surface area contributed by atoms with Crippen molar-refractivity contribution >= 4 is 11.8 Å². The van der Waals surface area contributed by atoms with Crippen molar-refractivity contribution in [3.8, 4) is 0 Å². The zero-order chi connectivity index (χ0) is 17.1. The molecule has 2 saturated heterocycles. The van der Waals surface area contributed by atoms with Crippen LogP contribution < -0.4 is 10.6 Å². The molecule has 1 saturated carbocycles. The Morgan fingerprint density at radius 1 is 0.960 bits per heavy atom. The zero-order valence-electron chi connectivity index (χ0n) is 15.2. The van der Waals surface area contributed by atoms with Gasteiger partial charge in [0.05, 0.1) is 12.3 Å². The van der Waals surface area contributed by atoms with Gasteiger partial charge in [-0.15, -0.1) is 0 Å². The molecule has 6 heteroatoms. The molecular weight excluding hydrogens is 314 g/mol. The Labute approximate surface area is 150 Å². The summed E-state index contributed by atoms with van der Waals surface area (Å²) in [5.74, 6) is 1.77. The van der Waals surface area contributed by atoms with Crippen LogP contribution in [0, 0.1) is 0 Å². The van der Waals surface area contributed by atoms with Gasteiger partial charge in [-0.3, -0.25) is 4.90 Å². The number of hydrogen-bond acceptors (Lipinski definition) is 6. The summed E-state index contributed by atoms with van der Waals surface area (Å²) in [5.41, 5.74) is 7.07. The summed E-state index contributed by atoms with van der Waals surface area (Å²) < 4.78 is 5.52. The second-order valence-electron chi connectivity index (χ2n) is 7.74. The van der Waals surface area contributed by atoms with Gasteiger partial charge in [0.25, 0.3) is 0 Å². The van der Waals surface area contributed by atoms with Gasteiger partial charge in [0.2, 0.25) is 5.95 Å².